The Morgan fingerprint density at radius 1 is 0.789 bits per heavy atom. The number of hydrogen-bond acceptors (Lipinski definition) is 6. The number of methoxy groups -OCH3 is 2. The van der Waals surface area contributed by atoms with Crippen LogP contribution < -0.4 is 14.8 Å². The molecule has 0 atom stereocenters. The minimum atomic E-state index is -0.591. The van der Waals surface area contributed by atoms with Crippen molar-refractivity contribution in [1.82, 2.24) is 10.3 Å². The van der Waals surface area contributed by atoms with Crippen LogP contribution in [0.3, 0.4) is 0 Å². The highest BCUT2D eigenvalue weighted by molar-refractivity contribution is 6.06. The molecule has 0 saturated heterocycles. The highest BCUT2D eigenvalue weighted by Gasteiger charge is 2.17. The first kappa shape index (κ1) is 24.8. The molecule has 0 radical (unpaired) electrons. The van der Waals surface area contributed by atoms with E-state index < -0.39 is 18.5 Å². The first-order valence-corrected chi connectivity index (χ1v) is 12.1. The zero-order valence-electron chi connectivity index (χ0n) is 21.1. The number of nitrogens with one attached hydrogen (secondary N) is 1. The second-order valence-electron chi connectivity index (χ2n) is 8.64. The van der Waals surface area contributed by atoms with E-state index in [1.165, 1.54) is 0 Å². The standard InChI is InChI=1S/C31H26N2O5/c1-36-28-15-14-20(16-29(28)37-2)18-32-30(34)19-38-31(35)25-17-27(33-26-13-6-5-11-24(25)26)23-12-7-9-21-8-3-4-10-22(21)23/h3-17H,18-19H2,1-2H3,(H,32,34). The largest absolute Gasteiger partial charge is 0.493 e. The third-order valence-corrected chi connectivity index (χ3v) is 6.27. The van der Waals surface area contributed by atoms with Gasteiger partial charge in [-0.1, -0.05) is 66.7 Å². The number of rotatable bonds is 8. The Morgan fingerprint density at radius 3 is 2.34 bits per heavy atom. The number of amides is 1. The Kier molecular flexibility index (Phi) is 7.17. The number of para-hydroxylation sites is 1. The van der Waals surface area contributed by atoms with E-state index in [0.717, 1.165) is 21.9 Å². The number of pyridine rings is 1. The molecular formula is C31H26N2O5. The Balaban J connectivity index is 1.34. The van der Waals surface area contributed by atoms with Gasteiger partial charge < -0.3 is 19.5 Å². The summed E-state index contributed by atoms with van der Waals surface area (Å²) in [7, 11) is 3.11. The minimum Gasteiger partial charge on any atom is -0.493 e. The molecule has 1 aromatic heterocycles. The lowest BCUT2D eigenvalue weighted by molar-refractivity contribution is -0.124. The summed E-state index contributed by atoms with van der Waals surface area (Å²) in [5.41, 5.74) is 3.41. The predicted molar refractivity (Wildman–Crippen MR) is 146 cm³/mol. The van der Waals surface area contributed by atoms with Crippen molar-refractivity contribution < 1.29 is 23.8 Å². The van der Waals surface area contributed by atoms with Gasteiger partial charge in [-0.2, -0.15) is 0 Å². The molecule has 0 saturated carbocycles. The number of carbonyl (C=O) groups is 2. The van der Waals surface area contributed by atoms with Gasteiger partial charge in [0.15, 0.2) is 18.1 Å². The van der Waals surface area contributed by atoms with Gasteiger partial charge in [0.2, 0.25) is 0 Å². The highest BCUT2D eigenvalue weighted by Crippen LogP contribution is 2.31. The molecule has 5 rings (SSSR count). The summed E-state index contributed by atoms with van der Waals surface area (Å²) in [5, 5.41) is 5.54. The molecule has 38 heavy (non-hydrogen) atoms. The molecule has 0 aliphatic heterocycles. The number of ether oxygens (including phenoxy) is 3. The van der Waals surface area contributed by atoms with Crippen molar-refractivity contribution in [2.45, 2.75) is 6.54 Å². The smallest absolute Gasteiger partial charge is 0.339 e. The molecule has 0 bridgehead atoms. The van der Waals surface area contributed by atoms with E-state index in [0.29, 0.717) is 33.7 Å². The monoisotopic (exact) mass is 506 g/mol. The number of benzene rings is 4. The average Bonchev–Trinajstić information content (AvgIpc) is 2.97. The van der Waals surface area contributed by atoms with E-state index >= 15 is 0 Å². The number of fused-ring (bicyclic) bond motifs is 2. The Morgan fingerprint density at radius 2 is 1.53 bits per heavy atom. The topological polar surface area (TPSA) is 86.8 Å². The molecule has 0 aliphatic rings. The second kappa shape index (κ2) is 11.0. The van der Waals surface area contributed by atoms with E-state index in [1.807, 2.05) is 72.8 Å². The SMILES string of the molecule is COc1ccc(CNC(=O)COC(=O)c2cc(-c3cccc4ccccc34)nc3ccccc23)cc1OC. The maximum atomic E-state index is 13.2. The number of hydrogen-bond donors (Lipinski definition) is 1. The van der Waals surface area contributed by atoms with E-state index in [-0.39, 0.29) is 6.54 Å². The molecule has 7 heteroatoms. The van der Waals surface area contributed by atoms with E-state index in [2.05, 4.69) is 5.32 Å². The van der Waals surface area contributed by atoms with Crippen molar-refractivity contribution in [3.05, 3.63) is 102 Å². The fraction of sp³-hybridized carbons (Fsp3) is 0.129. The van der Waals surface area contributed by atoms with Gasteiger partial charge in [-0.3, -0.25) is 4.79 Å². The molecule has 0 fully saturated rings. The van der Waals surface area contributed by atoms with Crippen molar-refractivity contribution in [3.63, 3.8) is 0 Å². The van der Waals surface area contributed by atoms with Crippen LogP contribution in [0, 0.1) is 0 Å². The quantitative estimate of drug-likeness (QED) is 0.278. The van der Waals surface area contributed by atoms with Crippen LogP contribution >= 0.6 is 0 Å². The summed E-state index contributed by atoms with van der Waals surface area (Å²) in [6.45, 7) is -0.160. The van der Waals surface area contributed by atoms with Crippen LogP contribution in [0.1, 0.15) is 15.9 Å². The van der Waals surface area contributed by atoms with Crippen molar-refractivity contribution in [2.24, 2.45) is 0 Å². The van der Waals surface area contributed by atoms with Gasteiger partial charge in [-0.25, -0.2) is 9.78 Å². The fourth-order valence-corrected chi connectivity index (χ4v) is 4.38. The Bertz CT molecular complexity index is 1640. The number of esters is 1. The van der Waals surface area contributed by atoms with Gasteiger partial charge in [0.25, 0.3) is 5.91 Å². The van der Waals surface area contributed by atoms with E-state index in [4.69, 9.17) is 19.2 Å². The first-order valence-electron chi connectivity index (χ1n) is 12.1. The molecule has 0 aliphatic carbocycles. The molecule has 4 aromatic carbocycles. The Labute approximate surface area is 220 Å². The normalized spacial score (nSPS) is 10.8. The van der Waals surface area contributed by atoms with E-state index in [9.17, 15) is 9.59 Å². The van der Waals surface area contributed by atoms with Crippen LogP contribution in [0.4, 0.5) is 0 Å². The molecule has 190 valence electrons. The molecule has 1 N–H and O–H groups in total. The maximum absolute atomic E-state index is 13.2. The van der Waals surface area contributed by atoms with Crippen LogP contribution in [-0.4, -0.2) is 37.7 Å². The van der Waals surface area contributed by atoms with Gasteiger partial charge in [-0.05, 0) is 40.6 Å². The van der Waals surface area contributed by atoms with Crippen molar-refractivity contribution in [2.75, 3.05) is 20.8 Å². The molecule has 5 aromatic rings. The molecule has 7 nitrogen and oxygen atoms in total. The third kappa shape index (κ3) is 5.13. The third-order valence-electron chi connectivity index (χ3n) is 6.27. The highest BCUT2D eigenvalue weighted by atomic mass is 16.5. The lowest BCUT2D eigenvalue weighted by Crippen LogP contribution is -2.28. The van der Waals surface area contributed by atoms with Crippen LogP contribution in [-0.2, 0) is 16.1 Å². The molecule has 1 heterocycles. The fourth-order valence-electron chi connectivity index (χ4n) is 4.38. The number of carbonyl (C=O) groups excluding carboxylic acids is 2. The number of aromatic nitrogens is 1. The average molecular weight is 507 g/mol. The van der Waals surface area contributed by atoms with Gasteiger partial charge in [0.05, 0.1) is 31.0 Å². The molecule has 0 unspecified atom stereocenters. The van der Waals surface area contributed by atoms with Gasteiger partial charge in [0, 0.05) is 17.5 Å². The van der Waals surface area contributed by atoms with Crippen LogP contribution in [0.15, 0.2) is 91.0 Å². The minimum absolute atomic E-state index is 0.250. The lowest BCUT2D eigenvalue weighted by Gasteiger charge is -2.12. The first-order chi connectivity index (χ1) is 18.6. The molecular weight excluding hydrogens is 480 g/mol. The van der Waals surface area contributed by atoms with Crippen molar-refractivity contribution >= 4 is 33.6 Å². The maximum Gasteiger partial charge on any atom is 0.339 e. The van der Waals surface area contributed by atoms with Crippen LogP contribution in [0.5, 0.6) is 11.5 Å². The summed E-state index contributed by atoms with van der Waals surface area (Å²) >= 11 is 0. The predicted octanol–water partition coefficient (Wildman–Crippen LogP) is 5.55. The van der Waals surface area contributed by atoms with Gasteiger partial charge in [0.1, 0.15) is 0 Å². The summed E-state index contributed by atoms with van der Waals surface area (Å²) in [4.78, 5) is 30.5. The number of nitrogens with zero attached hydrogens (tertiary/aromatic N) is 1. The van der Waals surface area contributed by atoms with Crippen LogP contribution in [0.2, 0.25) is 0 Å². The zero-order valence-corrected chi connectivity index (χ0v) is 21.1. The van der Waals surface area contributed by atoms with Crippen LogP contribution in [0.25, 0.3) is 32.9 Å². The summed E-state index contributed by atoms with van der Waals surface area (Å²) in [6, 6.07) is 28.5. The Hall–Kier alpha value is -4.91. The summed E-state index contributed by atoms with van der Waals surface area (Å²) in [5.74, 6) is 0.160. The molecule has 0 spiro atoms. The molecule has 1 amide bonds. The van der Waals surface area contributed by atoms with Gasteiger partial charge in [-0.15, -0.1) is 0 Å². The summed E-state index contributed by atoms with van der Waals surface area (Å²) in [6.07, 6.45) is 0. The van der Waals surface area contributed by atoms with Crippen molar-refractivity contribution in [1.29, 1.82) is 0 Å². The van der Waals surface area contributed by atoms with E-state index in [1.54, 1.807) is 32.4 Å². The summed E-state index contributed by atoms with van der Waals surface area (Å²) < 4.78 is 16.0. The second-order valence-corrected chi connectivity index (χ2v) is 8.64. The zero-order chi connectivity index (χ0) is 26.5. The van der Waals surface area contributed by atoms with Crippen molar-refractivity contribution in [3.8, 4) is 22.8 Å². The van der Waals surface area contributed by atoms with Gasteiger partial charge >= 0.3 is 5.97 Å². The lowest BCUT2D eigenvalue weighted by atomic mass is 9.99.